The molecule has 1 aromatic heterocycles. The van der Waals surface area contributed by atoms with Crippen LogP contribution >= 0.6 is 23.2 Å². The number of amides is 1. The van der Waals surface area contributed by atoms with E-state index in [0.717, 1.165) is 24.7 Å². The Balaban J connectivity index is 1.11. The number of nitrogens with zero attached hydrogens (tertiary/aromatic N) is 3. The highest BCUT2D eigenvalue weighted by molar-refractivity contribution is 6.31. The Kier molecular flexibility index (Phi) is 5.19. The minimum atomic E-state index is -0.586. The van der Waals surface area contributed by atoms with Crippen molar-refractivity contribution in [2.75, 3.05) is 24.6 Å². The molecule has 2 aromatic carbocycles. The first-order valence-corrected chi connectivity index (χ1v) is 10.4. The predicted molar refractivity (Wildman–Crippen MR) is 113 cm³/mol. The lowest BCUT2D eigenvalue weighted by atomic mass is 10.2. The van der Waals surface area contributed by atoms with E-state index in [1.807, 2.05) is 17.0 Å². The number of nitrogens with one attached hydrogen (secondary N) is 1. The van der Waals surface area contributed by atoms with Crippen LogP contribution in [0.2, 0.25) is 10.0 Å². The van der Waals surface area contributed by atoms with Crippen molar-refractivity contribution in [1.29, 1.82) is 0 Å². The van der Waals surface area contributed by atoms with Gasteiger partial charge < -0.3 is 19.4 Å². The third-order valence-corrected chi connectivity index (χ3v) is 6.12. The first kappa shape index (κ1) is 20.1. The molecule has 0 unspecified atom stereocenters. The summed E-state index contributed by atoms with van der Waals surface area (Å²) < 4.78 is 24.6. The van der Waals surface area contributed by atoms with Gasteiger partial charge in [0.05, 0.1) is 5.02 Å². The van der Waals surface area contributed by atoms with Crippen molar-refractivity contribution in [2.24, 2.45) is 11.8 Å². The maximum absolute atomic E-state index is 13.4. The van der Waals surface area contributed by atoms with Crippen LogP contribution in [0.4, 0.5) is 10.4 Å². The minimum Gasteiger partial charge on any atom is -0.484 e. The van der Waals surface area contributed by atoms with Crippen molar-refractivity contribution in [2.45, 2.75) is 6.04 Å². The van der Waals surface area contributed by atoms with Crippen molar-refractivity contribution in [3.05, 3.63) is 58.3 Å². The number of carbonyl (C=O) groups excluding carboxylic acids is 1. The smallest absolute Gasteiger partial charge is 0.318 e. The molecule has 5 rings (SSSR count). The molecule has 10 heteroatoms. The fourth-order valence-electron chi connectivity index (χ4n) is 3.89. The van der Waals surface area contributed by atoms with Crippen molar-refractivity contribution in [3.8, 4) is 17.2 Å². The lowest BCUT2D eigenvalue weighted by molar-refractivity contribution is -0.123. The fourth-order valence-corrected chi connectivity index (χ4v) is 4.14. The van der Waals surface area contributed by atoms with Crippen molar-refractivity contribution in [3.63, 3.8) is 0 Å². The fraction of sp³-hybridized carbons (Fsp3) is 0.286. The largest absolute Gasteiger partial charge is 0.484 e. The Hall–Kier alpha value is -2.84. The van der Waals surface area contributed by atoms with E-state index in [1.54, 1.807) is 12.1 Å². The molecule has 2 aliphatic rings. The Morgan fingerprint density at radius 3 is 2.61 bits per heavy atom. The lowest BCUT2D eigenvalue weighted by Gasteiger charge is -2.17. The summed E-state index contributed by atoms with van der Waals surface area (Å²) in [6.45, 7) is 1.26. The average Bonchev–Trinajstić information content (AvgIpc) is 3.15. The number of hydrogen-bond donors (Lipinski definition) is 1. The van der Waals surface area contributed by atoms with Crippen molar-refractivity contribution in [1.82, 2.24) is 15.5 Å². The number of aromatic nitrogens is 2. The highest BCUT2D eigenvalue weighted by Gasteiger charge is 2.57. The van der Waals surface area contributed by atoms with Crippen LogP contribution in [0, 0.1) is 17.7 Å². The summed E-state index contributed by atoms with van der Waals surface area (Å²) in [6.07, 6.45) is 0. The molecule has 1 saturated carbocycles. The Morgan fingerprint density at radius 1 is 1.16 bits per heavy atom. The number of fused-ring (bicyclic) bond motifs is 1. The van der Waals surface area contributed by atoms with Crippen molar-refractivity contribution >= 4 is 35.1 Å². The van der Waals surface area contributed by atoms with Crippen LogP contribution in [0.5, 0.6) is 5.75 Å². The number of ether oxygens (including phenoxy) is 1. The normalized spacial score (nSPS) is 21.6. The number of halogens is 3. The summed E-state index contributed by atoms with van der Waals surface area (Å²) in [5.74, 6) is 0.506. The SMILES string of the molecule is O=C(COc1ccc(Cl)c(F)c1)N[C@@H]1[C@@H]2CN(c3nnc(-c4ccc(Cl)cc4)o3)C[C@@H]21. The van der Waals surface area contributed by atoms with Gasteiger partial charge >= 0.3 is 6.01 Å². The molecule has 2 fully saturated rings. The second-order valence-electron chi connectivity index (χ2n) is 7.59. The minimum absolute atomic E-state index is 0.00805. The molecule has 1 N–H and O–H groups in total. The summed E-state index contributed by atoms with van der Waals surface area (Å²) in [5.41, 5.74) is 0.804. The maximum atomic E-state index is 13.4. The van der Waals surface area contributed by atoms with E-state index < -0.39 is 5.82 Å². The van der Waals surface area contributed by atoms with Gasteiger partial charge in [-0.2, -0.15) is 0 Å². The van der Waals surface area contributed by atoms with Crippen LogP contribution in [-0.4, -0.2) is 41.8 Å². The zero-order chi connectivity index (χ0) is 21.5. The molecule has 31 heavy (non-hydrogen) atoms. The molecule has 2 heterocycles. The summed E-state index contributed by atoms with van der Waals surface area (Å²) >= 11 is 11.5. The predicted octanol–water partition coefficient (Wildman–Crippen LogP) is 3.81. The number of benzene rings is 2. The van der Waals surface area contributed by atoms with Crippen molar-refractivity contribution < 1.29 is 18.3 Å². The molecule has 0 radical (unpaired) electrons. The van der Waals surface area contributed by atoms with E-state index in [1.165, 1.54) is 12.1 Å². The molecule has 0 bridgehead atoms. The van der Waals surface area contributed by atoms with Crippen LogP contribution in [0.15, 0.2) is 46.9 Å². The number of piperidine rings is 1. The number of anilines is 1. The summed E-state index contributed by atoms with van der Waals surface area (Å²) in [6, 6.07) is 11.8. The van der Waals surface area contributed by atoms with Gasteiger partial charge in [-0.3, -0.25) is 4.79 Å². The monoisotopic (exact) mass is 462 g/mol. The van der Waals surface area contributed by atoms with E-state index in [4.69, 9.17) is 32.4 Å². The van der Waals surface area contributed by atoms with Gasteiger partial charge in [0, 0.05) is 47.6 Å². The topological polar surface area (TPSA) is 80.5 Å². The first-order valence-electron chi connectivity index (χ1n) is 9.69. The molecular formula is C21H17Cl2FN4O3. The first-order chi connectivity index (χ1) is 15.0. The Labute approximate surface area is 187 Å². The molecular weight excluding hydrogens is 446 g/mol. The zero-order valence-electron chi connectivity index (χ0n) is 16.1. The molecule has 160 valence electrons. The quantitative estimate of drug-likeness (QED) is 0.599. The second kappa shape index (κ2) is 8.01. The van der Waals surface area contributed by atoms with Gasteiger partial charge in [-0.15, -0.1) is 5.10 Å². The molecule has 3 atom stereocenters. The van der Waals surface area contributed by atoms with Gasteiger partial charge in [0.25, 0.3) is 5.91 Å². The van der Waals surface area contributed by atoms with E-state index in [9.17, 15) is 9.18 Å². The molecule has 1 aliphatic heterocycles. The molecule has 3 aromatic rings. The zero-order valence-corrected chi connectivity index (χ0v) is 17.6. The van der Waals surface area contributed by atoms with E-state index in [-0.39, 0.29) is 29.3 Å². The highest BCUT2D eigenvalue weighted by atomic mass is 35.5. The van der Waals surface area contributed by atoms with E-state index in [2.05, 4.69) is 15.5 Å². The maximum Gasteiger partial charge on any atom is 0.318 e. The highest BCUT2D eigenvalue weighted by Crippen LogP contribution is 2.46. The van der Waals surface area contributed by atoms with Gasteiger partial charge in [0.1, 0.15) is 11.6 Å². The van der Waals surface area contributed by atoms with Crippen LogP contribution in [-0.2, 0) is 4.79 Å². The molecule has 1 amide bonds. The van der Waals surface area contributed by atoms with Crippen LogP contribution in [0.1, 0.15) is 0 Å². The molecule has 1 saturated heterocycles. The standard InChI is InChI=1S/C21H17Cl2FN4O3/c22-12-3-1-11(2-4-12)20-26-27-21(31-20)28-8-14-15(9-28)19(14)25-18(29)10-30-13-5-6-16(23)17(24)7-13/h1-7,14-15,19H,8-10H2,(H,25,29)/t14-,15+,19-. The Morgan fingerprint density at radius 2 is 1.90 bits per heavy atom. The number of rotatable bonds is 6. The van der Waals surface area contributed by atoms with Gasteiger partial charge in [-0.05, 0) is 36.4 Å². The third kappa shape index (κ3) is 4.18. The number of carbonyl (C=O) groups is 1. The van der Waals surface area contributed by atoms with Gasteiger partial charge in [-0.1, -0.05) is 28.3 Å². The summed E-state index contributed by atoms with van der Waals surface area (Å²) in [5, 5.41) is 11.9. The van der Waals surface area contributed by atoms with E-state index in [0.29, 0.717) is 28.8 Å². The molecule has 1 aliphatic carbocycles. The summed E-state index contributed by atoms with van der Waals surface area (Å²) in [7, 11) is 0. The average molecular weight is 463 g/mol. The Bertz CT molecular complexity index is 1110. The van der Waals surface area contributed by atoms with Crippen LogP contribution < -0.4 is 15.0 Å². The van der Waals surface area contributed by atoms with E-state index >= 15 is 0 Å². The van der Waals surface area contributed by atoms with Crippen LogP contribution in [0.25, 0.3) is 11.5 Å². The molecule has 0 spiro atoms. The summed E-state index contributed by atoms with van der Waals surface area (Å²) in [4.78, 5) is 14.2. The second-order valence-corrected chi connectivity index (χ2v) is 8.43. The third-order valence-electron chi connectivity index (χ3n) is 5.56. The lowest BCUT2D eigenvalue weighted by Crippen LogP contribution is -2.37. The molecule has 7 nitrogen and oxygen atoms in total. The van der Waals surface area contributed by atoms with Gasteiger partial charge in [-0.25, -0.2) is 4.39 Å². The number of hydrogen-bond acceptors (Lipinski definition) is 6. The van der Waals surface area contributed by atoms with Crippen LogP contribution in [0.3, 0.4) is 0 Å². The van der Waals surface area contributed by atoms with Gasteiger partial charge in [0.2, 0.25) is 5.89 Å². The van der Waals surface area contributed by atoms with Gasteiger partial charge in [0.15, 0.2) is 6.61 Å².